The van der Waals surface area contributed by atoms with Crippen LogP contribution in [0.2, 0.25) is 0 Å². The summed E-state index contributed by atoms with van der Waals surface area (Å²) in [6, 6.07) is 15.2. The van der Waals surface area contributed by atoms with Crippen LogP contribution >= 0.6 is 0 Å². The molecule has 2 amide bonds. The highest BCUT2D eigenvalue weighted by atomic mass is 19.4. The van der Waals surface area contributed by atoms with E-state index >= 15 is 0 Å². The monoisotopic (exact) mass is 429 g/mol. The first-order valence-corrected chi connectivity index (χ1v) is 9.55. The Labute approximate surface area is 177 Å². The maximum atomic E-state index is 13.2. The van der Waals surface area contributed by atoms with Gasteiger partial charge < -0.3 is 15.4 Å². The van der Waals surface area contributed by atoms with E-state index in [-0.39, 0.29) is 24.6 Å². The van der Waals surface area contributed by atoms with Crippen LogP contribution in [0.15, 0.2) is 60.8 Å². The number of nitrogens with one attached hydrogen (secondary N) is 2. The van der Waals surface area contributed by atoms with Crippen LogP contribution in [0.1, 0.15) is 27.6 Å². The fourth-order valence-electron chi connectivity index (χ4n) is 2.78. The Hall–Kier alpha value is -3.95. The second kappa shape index (κ2) is 10.2. The van der Waals surface area contributed by atoms with E-state index in [1.54, 1.807) is 54.6 Å². The molecule has 1 aromatic heterocycles. The third-order valence-corrected chi connectivity index (χ3v) is 4.24. The first-order valence-electron chi connectivity index (χ1n) is 9.55. The van der Waals surface area contributed by atoms with E-state index in [2.05, 4.69) is 15.7 Å². The van der Waals surface area contributed by atoms with Crippen LogP contribution in [0.4, 0.5) is 14.8 Å². The fraction of sp³-hybridized carbons (Fsp3) is 0.190. The lowest BCUT2D eigenvalue weighted by atomic mass is 10.2. The number of rotatable bonds is 9. The van der Waals surface area contributed by atoms with Gasteiger partial charge in [0.05, 0.1) is 12.3 Å². The number of hydrogen-bond donors (Lipinski definition) is 2. The van der Waals surface area contributed by atoms with E-state index in [0.29, 0.717) is 23.6 Å². The van der Waals surface area contributed by atoms with E-state index in [1.165, 1.54) is 10.9 Å². The van der Waals surface area contributed by atoms with Crippen molar-refractivity contribution in [3.63, 3.8) is 0 Å². The third kappa shape index (κ3) is 5.56. The Morgan fingerprint density at radius 2 is 1.65 bits per heavy atom. The zero-order valence-electron chi connectivity index (χ0n) is 16.7. The normalized spacial score (nSPS) is 10.4. The second-order valence-electron chi connectivity index (χ2n) is 6.35. The highest BCUT2D eigenvalue weighted by molar-refractivity contribution is 5.98. The molecule has 10 heteroatoms. The molecule has 31 heavy (non-hydrogen) atoms. The van der Waals surface area contributed by atoms with Crippen molar-refractivity contribution in [2.45, 2.75) is 6.92 Å². The number of carbonyl (C=O) groups excluding carboxylic acids is 2. The fourth-order valence-corrected chi connectivity index (χ4v) is 2.78. The predicted octanol–water partition coefficient (Wildman–Crippen LogP) is 3.01. The van der Waals surface area contributed by atoms with Crippen molar-refractivity contribution in [1.82, 2.24) is 20.4 Å². The SMILES string of the molecule is CCOc1ccc(C(=O)NCCNC(=O)c2cn(-c3ccccc3)nc2N(F)F)cc1. The molecule has 0 radical (unpaired) electrons. The van der Waals surface area contributed by atoms with Crippen LogP contribution in [0.3, 0.4) is 0 Å². The van der Waals surface area contributed by atoms with Crippen LogP contribution in [-0.4, -0.2) is 41.3 Å². The van der Waals surface area contributed by atoms with Crippen molar-refractivity contribution < 1.29 is 23.3 Å². The topological polar surface area (TPSA) is 88.5 Å². The number of aromatic nitrogens is 2. The molecule has 162 valence electrons. The molecule has 2 N–H and O–H groups in total. The highest BCUT2D eigenvalue weighted by Gasteiger charge is 2.22. The van der Waals surface area contributed by atoms with Gasteiger partial charge in [0.1, 0.15) is 11.3 Å². The van der Waals surface area contributed by atoms with Crippen LogP contribution in [0.25, 0.3) is 5.69 Å². The van der Waals surface area contributed by atoms with Crippen LogP contribution < -0.4 is 20.7 Å². The number of para-hydroxylation sites is 1. The van der Waals surface area contributed by atoms with E-state index in [0.717, 1.165) is 0 Å². The van der Waals surface area contributed by atoms with Crippen molar-refractivity contribution in [2.75, 3.05) is 25.0 Å². The predicted molar refractivity (Wildman–Crippen MR) is 111 cm³/mol. The third-order valence-electron chi connectivity index (χ3n) is 4.24. The molecule has 0 atom stereocenters. The summed E-state index contributed by atoms with van der Waals surface area (Å²) in [6.07, 6.45) is 1.23. The zero-order chi connectivity index (χ0) is 22.2. The van der Waals surface area contributed by atoms with Crippen molar-refractivity contribution in [3.05, 3.63) is 71.9 Å². The lowest BCUT2D eigenvalue weighted by Crippen LogP contribution is -2.34. The Kier molecular flexibility index (Phi) is 7.15. The van der Waals surface area contributed by atoms with Gasteiger partial charge >= 0.3 is 0 Å². The lowest BCUT2D eigenvalue weighted by Gasteiger charge is -2.08. The van der Waals surface area contributed by atoms with Crippen LogP contribution in [-0.2, 0) is 0 Å². The maximum Gasteiger partial charge on any atom is 0.256 e. The van der Waals surface area contributed by atoms with Gasteiger partial charge in [0, 0.05) is 24.8 Å². The van der Waals surface area contributed by atoms with Gasteiger partial charge in [0.2, 0.25) is 5.82 Å². The van der Waals surface area contributed by atoms with Gasteiger partial charge in [-0.3, -0.25) is 9.59 Å². The number of anilines is 1. The summed E-state index contributed by atoms with van der Waals surface area (Å²) in [4.78, 5) is 24.5. The van der Waals surface area contributed by atoms with Gasteiger partial charge in [0.15, 0.2) is 0 Å². The molecule has 0 spiro atoms. The van der Waals surface area contributed by atoms with E-state index in [9.17, 15) is 18.6 Å². The van der Waals surface area contributed by atoms with Gasteiger partial charge in [-0.1, -0.05) is 27.2 Å². The molecule has 0 fully saturated rings. The molecule has 0 bridgehead atoms. The largest absolute Gasteiger partial charge is 0.494 e. The second-order valence-corrected chi connectivity index (χ2v) is 6.35. The molecular formula is C21H21F2N5O3. The zero-order valence-corrected chi connectivity index (χ0v) is 16.7. The Balaban J connectivity index is 1.56. The molecule has 0 saturated carbocycles. The first kappa shape index (κ1) is 21.8. The lowest BCUT2D eigenvalue weighted by molar-refractivity contribution is 0.0926. The Bertz CT molecular complexity index is 1020. The van der Waals surface area contributed by atoms with E-state index < -0.39 is 17.1 Å². The van der Waals surface area contributed by atoms with Gasteiger partial charge in [-0.25, -0.2) is 4.68 Å². The van der Waals surface area contributed by atoms with Gasteiger partial charge in [-0.05, 0) is 48.7 Å². The number of halogens is 2. The smallest absolute Gasteiger partial charge is 0.256 e. The van der Waals surface area contributed by atoms with E-state index in [1.807, 2.05) is 6.92 Å². The van der Waals surface area contributed by atoms with Gasteiger partial charge in [0.25, 0.3) is 11.8 Å². The molecule has 2 aromatic carbocycles. The summed E-state index contributed by atoms with van der Waals surface area (Å²) in [5.74, 6) is -1.16. The number of amides is 2. The standard InChI is InChI=1S/C21H21F2N5O3/c1-2-31-17-10-8-15(9-11-17)20(29)24-12-13-25-21(30)18-14-27(26-19(18)28(22)23)16-6-4-3-5-7-16/h3-11,14H,2,12-13H2,1H3,(H,24,29)(H,25,30). The summed E-state index contributed by atoms with van der Waals surface area (Å²) >= 11 is 0. The molecule has 1 heterocycles. The molecule has 0 aliphatic carbocycles. The molecule has 8 nitrogen and oxygen atoms in total. The molecule has 0 aliphatic heterocycles. The van der Waals surface area contributed by atoms with Crippen LogP contribution in [0, 0.1) is 0 Å². The summed E-state index contributed by atoms with van der Waals surface area (Å²) in [5, 5.41) is 7.72. The minimum Gasteiger partial charge on any atom is -0.494 e. The van der Waals surface area contributed by atoms with Crippen LogP contribution in [0.5, 0.6) is 5.75 Å². The number of ether oxygens (including phenoxy) is 1. The summed E-state index contributed by atoms with van der Waals surface area (Å²) in [7, 11) is 0. The summed E-state index contributed by atoms with van der Waals surface area (Å²) in [6.45, 7) is 2.56. The molecule has 0 aliphatic rings. The van der Waals surface area contributed by atoms with Crippen molar-refractivity contribution in [3.8, 4) is 11.4 Å². The van der Waals surface area contributed by atoms with Gasteiger partial charge in [-0.15, -0.1) is 5.10 Å². The number of benzene rings is 2. The first-order chi connectivity index (χ1) is 15.0. The van der Waals surface area contributed by atoms with Crippen molar-refractivity contribution >= 4 is 17.6 Å². The quantitative estimate of drug-likeness (QED) is 0.403. The average molecular weight is 429 g/mol. The summed E-state index contributed by atoms with van der Waals surface area (Å²) < 4.78 is 32.9. The molecular weight excluding hydrogens is 408 g/mol. The number of hydrogen-bond acceptors (Lipinski definition) is 5. The van der Waals surface area contributed by atoms with Crippen molar-refractivity contribution in [1.29, 1.82) is 0 Å². The highest BCUT2D eigenvalue weighted by Crippen LogP contribution is 2.21. The Morgan fingerprint density at radius 3 is 2.26 bits per heavy atom. The molecule has 0 saturated heterocycles. The summed E-state index contributed by atoms with van der Waals surface area (Å²) in [5.41, 5.74) is 0.686. The number of nitrogens with zero attached hydrogens (tertiary/aromatic N) is 3. The Morgan fingerprint density at radius 1 is 1.00 bits per heavy atom. The van der Waals surface area contributed by atoms with Gasteiger partial charge in [-0.2, -0.15) is 0 Å². The molecule has 3 aromatic rings. The minimum absolute atomic E-state index is 0.0517. The maximum absolute atomic E-state index is 13.2. The van der Waals surface area contributed by atoms with Crippen molar-refractivity contribution in [2.24, 2.45) is 0 Å². The number of carbonyl (C=O) groups is 2. The average Bonchev–Trinajstić information content (AvgIpc) is 3.24. The molecule has 0 unspecified atom stereocenters. The minimum atomic E-state index is -1.21. The molecule has 3 rings (SSSR count). The van der Waals surface area contributed by atoms with E-state index in [4.69, 9.17) is 4.74 Å².